The molecule has 0 saturated carbocycles. The van der Waals surface area contributed by atoms with E-state index in [0.717, 1.165) is 0 Å². The van der Waals surface area contributed by atoms with E-state index in [1.54, 1.807) is 19.1 Å². The number of cyclic esters (lactones) is 1. The predicted molar refractivity (Wildman–Crippen MR) is 54.0 cm³/mol. The number of hydrogen-bond acceptors (Lipinski definition) is 5. The molecule has 0 unspecified atom stereocenters. The Morgan fingerprint density at radius 3 is 2.75 bits per heavy atom. The summed E-state index contributed by atoms with van der Waals surface area (Å²) in [6.07, 6.45) is 0.0791. The maximum atomic E-state index is 11.3. The molecule has 0 spiro atoms. The molecule has 16 heavy (non-hydrogen) atoms. The topological polar surface area (TPSA) is 76.0 Å². The molecule has 2 heterocycles. The van der Waals surface area contributed by atoms with Crippen LogP contribution in [0.2, 0.25) is 0 Å². The molecule has 86 valence electrons. The fraction of sp³-hybridized carbons (Fsp3) is 0.364. The average Bonchev–Trinajstić information content (AvgIpc) is 2.50. The summed E-state index contributed by atoms with van der Waals surface area (Å²) in [6.45, 7) is 5.26. The summed E-state index contributed by atoms with van der Waals surface area (Å²) < 4.78 is 10.1. The van der Waals surface area contributed by atoms with Gasteiger partial charge in [0.15, 0.2) is 11.5 Å². The largest absolute Gasteiger partial charge is 0.479 e. The molecule has 0 radical (unpaired) electrons. The van der Waals surface area contributed by atoms with Gasteiger partial charge in [-0.25, -0.2) is 4.79 Å². The number of carbonyl (C=O) groups excluding carboxylic acids is 1. The molecule has 3 atom stereocenters. The van der Waals surface area contributed by atoms with E-state index in [2.05, 4.69) is 6.58 Å². The lowest BCUT2D eigenvalue weighted by Crippen LogP contribution is -2.43. The third-order valence-corrected chi connectivity index (χ3v) is 2.53. The first-order chi connectivity index (χ1) is 7.56. The van der Waals surface area contributed by atoms with Gasteiger partial charge in [0.05, 0.1) is 0 Å². The summed E-state index contributed by atoms with van der Waals surface area (Å²) >= 11 is 0. The molecule has 0 fully saturated rings. The lowest BCUT2D eigenvalue weighted by Gasteiger charge is -2.30. The van der Waals surface area contributed by atoms with Crippen LogP contribution in [-0.2, 0) is 14.3 Å². The van der Waals surface area contributed by atoms with Gasteiger partial charge in [0.1, 0.15) is 23.9 Å². The van der Waals surface area contributed by atoms with Gasteiger partial charge in [-0.3, -0.25) is 0 Å². The van der Waals surface area contributed by atoms with E-state index in [-0.39, 0.29) is 17.1 Å². The van der Waals surface area contributed by atoms with Gasteiger partial charge in [0, 0.05) is 0 Å². The normalized spacial score (nSPS) is 34.1. The molecule has 0 aliphatic carbocycles. The Bertz CT molecular complexity index is 407. The number of rotatable bonds is 1. The molecular weight excluding hydrogens is 212 g/mol. The van der Waals surface area contributed by atoms with Crippen LogP contribution >= 0.6 is 0 Å². The molecule has 5 nitrogen and oxygen atoms in total. The first-order valence-corrected chi connectivity index (χ1v) is 4.87. The minimum absolute atomic E-state index is 0.0572. The third kappa shape index (κ3) is 1.45. The molecule has 0 aromatic rings. The van der Waals surface area contributed by atoms with E-state index < -0.39 is 24.3 Å². The summed E-state index contributed by atoms with van der Waals surface area (Å²) in [5.74, 6) is -0.517. The Hall–Kier alpha value is -1.59. The van der Waals surface area contributed by atoms with Crippen LogP contribution in [0.15, 0.2) is 35.8 Å². The van der Waals surface area contributed by atoms with E-state index >= 15 is 0 Å². The Balaban J connectivity index is 2.40. The summed E-state index contributed by atoms with van der Waals surface area (Å²) in [5, 5.41) is 19.5. The molecule has 0 aromatic carbocycles. The predicted octanol–water partition coefficient (Wildman–Crippen LogP) is 0.00770. The summed E-state index contributed by atoms with van der Waals surface area (Å²) in [4.78, 5) is 11.3. The van der Waals surface area contributed by atoms with Crippen LogP contribution in [0, 0.1) is 0 Å². The van der Waals surface area contributed by atoms with Crippen molar-refractivity contribution < 1.29 is 24.5 Å². The highest BCUT2D eigenvalue weighted by Gasteiger charge is 2.45. The second-order valence-corrected chi connectivity index (χ2v) is 3.60. The van der Waals surface area contributed by atoms with Crippen molar-refractivity contribution in [3.8, 4) is 0 Å². The molecule has 0 bridgehead atoms. The maximum absolute atomic E-state index is 11.3. The van der Waals surface area contributed by atoms with Gasteiger partial charge in [-0.1, -0.05) is 12.7 Å². The number of aliphatic hydroxyl groups excluding tert-OH is 2. The second kappa shape index (κ2) is 3.77. The molecule has 0 aromatic heterocycles. The fourth-order valence-corrected chi connectivity index (χ4v) is 1.74. The van der Waals surface area contributed by atoms with Crippen LogP contribution in [0.4, 0.5) is 0 Å². The molecule has 2 aliphatic rings. The molecule has 0 amide bonds. The van der Waals surface area contributed by atoms with Crippen LogP contribution < -0.4 is 0 Å². The van der Waals surface area contributed by atoms with Crippen molar-refractivity contribution in [3.05, 3.63) is 35.8 Å². The monoisotopic (exact) mass is 224 g/mol. The summed E-state index contributed by atoms with van der Waals surface area (Å²) in [5.41, 5.74) is -0.0572. The molecular formula is C11H12O5. The van der Waals surface area contributed by atoms with E-state index in [1.165, 1.54) is 0 Å². The lowest BCUT2D eigenvalue weighted by atomic mass is 9.96. The summed E-state index contributed by atoms with van der Waals surface area (Å²) in [6, 6.07) is 0. The zero-order chi connectivity index (χ0) is 11.9. The van der Waals surface area contributed by atoms with Crippen LogP contribution in [0.1, 0.15) is 6.92 Å². The number of carbonyl (C=O) groups is 1. The highest BCUT2D eigenvalue weighted by atomic mass is 16.6. The van der Waals surface area contributed by atoms with E-state index in [4.69, 9.17) is 9.47 Å². The number of aliphatic hydroxyl groups is 2. The standard InChI is InChI=1S/C11H12O5/c1-3-4-6-8(12)9(13)7-10(16-6)5(2)15-11(7)14/h3-4,6,8-9,12-13H,2H2,1H3/b4-3+/t6-,8-,9+/m0/s1. The van der Waals surface area contributed by atoms with Crippen LogP contribution in [0.3, 0.4) is 0 Å². The fourth-order valence-electron chi connectivity index (χ4n) is 1.74. The molecule has 0 saturated heterocycles. The van der Waals surface area contributed by atoms with E-state index in [1.807, 2.05) is 0 Å². The van der Waals surface area contributed by atoms with Crippen molar-refractivity contribution in [3.63, 3.8) is 0 Å². The summed E-state index contributed by atoms with van der Waals surface area (Å²) in [7, 11) is 0. The smallest absolute Gasteiger partial charge is 0.346 e. The van der Waals surface area contributed by atoms with Crippen molar-refractivity contribution in [2.24, 2.45) is 0 Å². The van der Waals surface area contributed by atoms with Gasteiger partial charge in [-0.05, 0) is 13.0 Å². The minimum Gasteiger partial charge on any atom is -0.479 e. The zero-order valence-electron chi connectivity index (χ0n) is 8.71. The van der Waals surface area contributed by atoms with Gasteiger partial charge >= 0.3 is 5.97 Å². The van der Waals surface area contributed by atoms with Gasteiger partial charge in [0.25, 0.3) is 0 Å². The Labute approximate surface area is 92.3 Å². The number of hydrogen-bond donors (Lipinski definition) is 2. The average molecular weight is 224 g/mol. The van der Waals surface area contributed by atoms with Gasteiger partial charge in [-0.15, -0.1) is 0 Å². The van der Waals surface area contributed by atoms with Gasteiger partial charge in [-0.2, -0.15) is 0 Å². The maximum Gasteiger partial charge on any atom is 0.346 e. The quantitative estimate of drug-likeness (QED) is 0.484. The zero-order valence-corrected chi connectivity index (χ0v) is 8.71. The van der Waals surface area contributed by atoms with Crippen molar-refractivity contribution in [1.29, 1.82) is 0 Å². The number of esters is 1. The number of allylic oxidation sites excluding steroid dienone is 1. The van der Waals surface area contributed by atoms with Crippen molar-refractivity contribution >= 4 is 5.97 Å². The van der Waals surface area contributed by atoms with E-state index in [9.17, 15) is 15.0 Å². The number of ether oxygens (including phenoxy) is 2. The molecule has 2 rings (SSSR count). The molecule has 2 aliphatic heterocycles. The van der Waals surface area contributed by atoms with Crippen molar-refractivity contribution in [2.45, 2.75) is 25.2 Å². The highest BCUT2D eigenvalue weighted by Crippen LogP contribution is 2.35. The first kappa shape index (κ1) is 10.9. The SMILES string of the molecule is C=C1OC(=O)C2=C1O[C@@H](/C=C/C)[C@H](O)[C@@H]2O. The Morgan fingerprint density at radius 1 is 1.44 bits per heavy atom. The minimum atomic E-state index is -1.31. The van der Waals surface area contributed by atoms with Gasteiger partial charge in [0.2, 0.25) is 0 Å². The second-order valence-electron chi connectivity index (χ2n) is 3.60. The lowest BCUT2D eigenvalue weighted by molar-refractivity contribution is -0.135. The van der Waals surface area contributed by atoms with Crippen LogP contribution in [-0.4, -0.2) is 34.5 Å². The van der Waals surface area contributed by atoms with Crippen LogP contribution in [0.25, 0.3) is 0 Å². The van der Waals surface area contributed by atoms with Gasteiger partial charge < -0.3 is 19.7 Å². The highest BCUT2D eigenvalue weighted by molar-refractivity contribution is 5.95. The Kier molecular flexibility index (Phi) is 2.57. The molecule has 2 N–H and O–H groups in total. The van der Waals surface area contributed by atoms with E-state index in [0.29, 0.717) is 0 Å². The third-order valence-electron chi connectivity index (χ3n) is 2.53. The van der Waals surface area contributed by atoms with Crippen LogP contribution in [0.5, 0.6) is 0 Å². The van der Waals surface area contributed by atoms with Crippen molar-refractivity contribution in [1.82, 2.24) is 0 Å². The first-order valence-electron chi connectivity index (χ1n) is 4.87. The van der Waals surface area contributed by atoms with Crippen molar-refractivity contribution in [2.75, 3.05) is 0 Å². The Morgan fingerprint density at radius 2 is 2.12 bits per heavy atom. The molecule has 5 heteroatoms.